The van der Waals surface area contributed by atoms with Gasteiger partial charge in [0.1, 0.15) is 0 Å². The van der Waals surface area contributed by atoms with Crippen molar-refractivity contribution in [3.8, 4) is 0 Å². The van der Waals surface area contributed by atoms with E-state index >= 15 is 0 Å². The predicted molar refractivity (Wildman–Crippen MR) is 58.2 cm³/mol. The van der Waals surface area contributed by atoms with Crippen molar-refractivity contribution in [2.45, 2.75) is 25.8 Å². The van der Waals surface area contributed by atoms with E-state index in [4.69, 9.17) is 0 Å². The first kappa shape index (κ1) is 9.75. The maximum absolute atomic E-state index is 11.8. The summed E-state index contributed by atoms with van der Waals surface area (Å²) in [5, 5.41) is 10.7. The van der Waals surface area contributed by atoms with Crippen LogP contribution in [-0.4, -0.2) is 16.1 Å². The lowest BCUT2D eigenvalue weighted by molar-refractivity contribution is -0.125. The normalized spacial score (nSPS) is 30.9. The van der Waals surface area contributed by atoms with Crippen molar-refractivity contribution in [3.05, 3.63) is 24.0 Å². The molecule has 4 heteroatoms. The van der Waals surface area contributed by atoms with Gasteiger partial charge in [0, 0.05) is 12.1 Å². The highest BCUT2D eigenvalue weighted by Gasteiger charge is 2.47. The molecule has 1 aromatic heterocycles. The van der Waals surface area contributed by atoms with Crippen LogP contribution in [0, 0.1) is 17.8 Å². The van der Waals surface area contributed by atoms with E-state index < -0.39 is 0 Å². The van der Waals surface area contributed by atoms with Gasteiger partial charge >= 0.3 is 0 Å². The molecule has 0 aliphatic heterocycles. The van der Waals surface area contributed by atoms with Crippen LogP contribution in [0.15, 0.2) is 18.3 Å². The number of nitrogens with one attached hydrogen (secondary N) is 1. The summed E-state index contributed by atoms with van der Waals surface area (Å²) in [6.45, 7) is 0.499. The topological polar surface area (TPSA) is 54.9 Å². The molecule has 2 fully saturated rings. The third kappa shape index (κ3) is 1.92. The quantitative estimate of drug-likeness (QED) is 0.826. The second-order valence-corrected chi connectivity index (χ2v) is 4.86. The van der Waals surface area contributed by atoms with Crippen LogP contribution >= 0.6 is 0 Å². The first-order chi connectivity index (χ1) is 7.83. The molecule has 1 aromatic rings. The van der Waals surface area contributed by atoms with E-state index in [1.165, 1.54) is 6.42 Å². The summed E-state index contributed by atoms with van der Waals surface area (Å²) in [7, 11) is 0. The van der Waals surface area contributed by atoms with Gasteiger partial charge in [-0.15, -0.1) is 0 Å². The third-order valence-corrected chi connectivity index (χ3v) is 3.69. The van der Waals surface area contributed by atoms with Crippen LogP contribution in [0.3, 0.4) is 0 Å². The number of aromatic nitrogens is 2. The molecule has 0 spiro atoms. The second kappa shape index (κ2) is 3.85. The Morgan fingerprint density at radius 2 is 2.19 bits per heavy atom. The van der Waals surface area contributed by atoms with Gasteiger partial charge in [0.15, 0.2) is 0 Å². The first-order valence-corrected chi connectivity index (χ1v) is 5.87. The highest BCUT2D eigenvalue weighted by molar-refractivity contribution is 5.79. The number of rotatable bonds is 3. The standard InChI is InChI=1S/C12H15N3O/c16-12(10-5-8-4-9(8)6-10)13-7-11-2-1-3-14-15-11/h1-3,8-10H,4-7H2,(H,13,16). The number of hydrogen-bond acceptors (Lipinski definition) is 3. The number of nitrogens with zero attached hydrogens (tertiary/aromatic N) is 2. The Hall–Kier alpha value is -1.45. The molecule has 84 valence electrons. The molecule has 0 aromatic carbocycles. The summed E-state index contributed by atoms with van der Waals surface area (Å²) in [5.74, 6) is 2.15. The van der Waals surface area contributed by atoms with Crippen molar-refractivity contribution in [1.29, 1.82) is 0 Å². The van der Waals surface area contributed by atoms with Crippen LogP contribution in [0.25, 0.3) is 0 Å². The van der Waals surface area contributed by atoms with Crippen molar-refractivity contribution >= 4 is 5.91 Å². The Kier molecular flexibility index (Phi) is 2.35. The van der Waals surface area contributed by atoms with Crippen molar-refractivity contribution in [2.75, 3.05) is 0 Å². The Bertz CT molecular complexity index is 383. The number of hydrogen-bond donors (Lipinski definition) is 1. The molecule has 2 saturated carbocycles. The Morgan fingerprint density at radius 3 is 2.88 bits per heavy atom. The van der Waals surface area contributed by atoms with Crippen LogP contribution in [0.1, 0.15) is 25.0 Å². The third-order valence-electron chi connectivity index (χ3n) is 3.69. The maximum atomic E-state index is 11.8. The lowest BCUT2D eigenvalue weighted by atomic mass is 10.0. The minimum Gasteiger partial charge on any atom is -0.350 e. The molecule has 3 rings (SSSR count). The summed E-state index contributed by atoms with van der Waals surface area (Å²) >= 11 is 0. The molecule has 2 atom stereocenters. The molecule has 1 heterocycles. The van der Waals surface area contributed by atoms with E-state index in [2.05, 4.69) is 15.5 Å². The molecule has 1 amide bonds. The fraction of sp³-hybridized carbons (Fsp3) is 0.583. The molecular weight excluding hydrogens is 202 g/mol. The van der Waals surface area contributed by atoms with E-state index in [1.54, 1.807) is 6.20 Å². The van der Waals surface area contributed by atoms with Gasteiger partial charge < -0.3 is 5.32 Å². The number of fused-ring (bicyclic) bond motifs is 1. The largest absolute Gasteiger partial charge is 0.350 e. The van der Waals surface area contributed by atoms with Crippen LogP contribution < -0.4 is 5.32 Å². The molecule has 16 heavy (non-hydrogen) atoms. The van der Waals surface area contributed by atoms with Gasteiger partial charge in [0.25, 0.3) is 0 Å². The van der Waals surface area contributed by atoms with Gasteiger partial charge in [-0.1, -0.05) is 0 Å². The van der Waals surface area contributed by atoms with E-state index in [9.17, 15) is 4.79 Å². The predicted octanol–water partition coefficient (Wildman–Crippen LogP) is 1.14. The van der Waals surface area contributed by atoms with Crippen molar-refractivity contribution in [2.24, 2.45) is 17.8 Å². The highest BCUT2D eigenvalue weighted by atomic mass is 16.1. The molecule has 2 aliphatic carbocycles. The second-order valence-electron chi connectivity index (χ2n) is 4.86. The van der Waals surface area contributed by atoms with Gasteiger partial charge in [-0.3, -0.25) is 4.79 Å². The summed E-state index contributed by atoms with van der Waals surface area (Å²) in [6, 6.07) is 3.71. The van der Waals surface area contributed by atoms with Gasteiger partial charge in [0.2, 0.25) is 5.91 Å². The molecule has 1 N–H and O–H groups in total. The Morgan fingerprint density at radius 1 is 1.38 bits per heavy atom. The zero-order valence-corrected chi connectivity index (χ0v) is 9.10. The average molecular weight is 217 g/mol. The van der Waals surface area contributed by atoms with Crippen molar-refractivity contribution < 1.29 is 4.79 Å². The maximum Gasteiger partial charge on any atom is 0.223 e. The Balaban J connectivity index is 1.50. The van der Waals surface area contributed by atoms with E-state index in [-0.39, 0.29) is 11.8 Å². The summed E-state index contributed by atoms with van der Waals surface area (Å²) < 4.78 is 0. The minimum absolute atomic E-state index is 0.192. The number of amides is 1. The number of carbonyl (C=O) groups is 1. The summed E-state index contributed by atoms with van der Waals surface area (Å²) in [6.07, 6.45) is 5.18. The van der Waals surface area contributed by atoms with Crippen LogP contribution in [0.2, 0.25) is 0 Å². The first-order valence-electron chi connectivity index (χ1n) is 5.87. The van der Waals surface area contributed by atoms with Gasteiger partial charge in [0.05, 0.1) is 12.2 Å². The van der Waals surface area contributed by atoms with E-state index in [0.29, 0.717) is 6.54 Å². The molecule has 0 radical (unpaired) electrons. The molecular formula is C12H15N3O. The smallest absolute Gasteiger partial charge is 0.223 e. The van der Waals surface area contributed by atoms with Crippen LogP contribution in [0.4, 0.5) is 0 Å². The Labute approximate surface area is 94.5 Å². The molecule has 0 saturated heterocycles. The van der Waals surface area contributed by atoms with E-state index in [1.807, 2.05) is 12.1 Å². The van der Waals surface area contributed by atoms with Gasteiger partial charge in [-0.05, 0) is 43.2 Å². The zero-order chi connectivity index (χ0) is 11.0. The highest BCUT2D eigenvalue weighted by Crippen LogP contribution is 2.54. The fourth-order valence-corrected chi connectivity index (χ4v) is 2.68. The zero-order valence-electron chi connectivity index (χ0n) is 9.10. The average Bonchev–Trinajstić information content (AvgIpc) is 2.94. The molecule has 0 bridgehead atoms. The lowest BCUT2D eigenvalue weighted by Gasteiger charge is -2.11. The summed E-state index contributed by atoms with van der Waals surface area (Å²) in [5.41, 5.74) is 0.819. The van der Waals surface area contributed by atoms with E-state index in [0.717, 1.165) is 30.4 Å². The number of carbonyl (C=O) groups excluding carboxylic acids is 1. The van der Waals surface area contributed by atoms with Crippen molar-refractivity contribution in [1.82, 2.24) is 15.5 Å². The lowest BCUT2D eigenvalue weighted by Crippen LogP contribution is -2.29. The SMILES string of the molecule is O=C(NCc1cccnn1)C1CC2CC2C1. The van der Waals surface area contributed by atoms with Crippen LogP contribution in [-0.2, 0) is 11.3 Å². The molecule has 2 aliphatic rings. The molecule has 4 nitrogen and oxygen atoms in total. The minimum atomic E-state index is 0.192. The van der Waals surface area contributed by atoms with Gasteiger partial charge in [-0.2, -0.15) is 10.2 Å². The van der Waals surface area contributed by atoms with Crippen molar-refractivity contribution in [3.63, 3.8) is 0 Å². The van der Waals surface area contributed by atoms with Gasteiger partial charge in [-0.25, -0.2) is 0 Å². The summed E-state index contributed by atoms with van der Waals surface area (Å²) in [4.78, 5) is 11.8. The fourth-order valence-electron chi connectivity index (χ4n) is 2.68. The molecule has 2 unspecified atom stereocenters. The van der Waals surface area contributed by atoms with Crippen LogP contribution in [0.5, 0.6) is 0 Å². The monoisotopic (exact) mass is 217 g/mol.